The molecule has 28 heavy (non-hydrogen) atoms. The maximum Gasteiger partial charge on any atom is 0.329 e. The van der Waals surface area contributed by atoms with Crippen molar-refractivity contribution >= 4 is 10.9 Å². The zero-order valence-corrected chi connectivity index (χ0v) is 15.9. The molecule has 0 fully saturated rings. The van der Waals surface area contributed by atoms with Crippen LogP contribution in [0.3, 0.4) is 0 Å². The molecule has 0 saturated carbocycles. The first-order valence-corrected chi connectivity index (χ1v) is 9.34. The lowest BCUT2D eigenvalue weighted by atomic mass is 9.85. The molecule has 0 radical (unpaired) electrons. The molecule has 3 N–H and O–H groups in total. The van der Waals surface area contributed by atoms with Gasteiger partial charge in [0.15, 0.2) is 0 Å². The number of halogens is 4. The first-order chi connectivity index (χ1) is 13.0. The van der Waals surface area contributed by atoms with Gasteiger partial charge in [0, 0.05) is 18.2 Å². The number of hydrogen-bond donors (Lipinski definition) is 2. The van der Waals surface area contributed by atoms with Crippen molar-refractivity contribution in [3.63, 3.8) is 0 Å². The molecule has 7 heteroatoms. The standard InChI is InChI=1S/C21H24F4N2O/c1-12-7-4-3-5-8-13(12)19(28)15-11-17(20(2,22)23)27-18-14(15)9-6-10-16(18)21(24,25)26/h6-7,9-11,13,19,28H,3-5,8,26H2,1-2H3/t13-,19+/m0/s1. The molecule has 0 spiro atoms. The van der Waals surface area contributed by atoms with Gasteiger partial charge in [-0.05, 0) is 43.9 Å². The Bertz CT molecular complexity index is 900. The summed E-state index contributed by atoms with van der Waals surface area (Å²) in [5, 5.41) is 11.3. The number of rotatable bonds is 4. The smallest absolute Gasteiger partial charge is 0.329 e. The van der Waals surface area contributed by atoms with Crippen LogP contribution in [0.25, 0.3) is 10.9 Å². The number of aliphatic hydroxyl groups excluding tert-OH is 1. The van der Waals surface area contributed by atoms with Crippen LogP contribution in [0.2, 0.25) is 0 Å². The van der Waals surface area contributed by atoms with Crippen molar-refractivity contribution < 1.29 is 22.7 Å². The number of aliphatic hydroxyl groups is 1. The van der Waals surface area contributed by atoms with E-state index >= 15 is 0 Å². The molecule has 3 nitrogen and oxygen atoms in total. The molecule has 0 aliphatic heterocycles. The van der Waals surface area contributed by atoms with Crippen molar-refractivity contribution in [1.29, 1.82) is 0 Å². The van der Waals surface area contributed by atoms with E-state index < -0.39 is 29.3 Å². The highest BCUT2D eigenvalue weighted by molar-refractivity contribution is 5.86. The molecular weight excluding hydrogens is 372 g/mol. The van der Waals surface area contributed by atoms with E-state index in [1.807, 2.05) is 13.0 Å². The van der Waals surface area contributed by atoms with Crippen LogP contribution in [0.4, 0.5) is 17.6 Å². The second-order valence-corrected chi connectivity index (χ2v) is 7.59. The lowest BCUT2D eigenvalue weighted by Gasteiger charge is -2.26. The summed E-state index contributed by atoms with van der Waals surface area (Å²) in [6.45, 7) is 2.55. The minimum atomic E-state index is -3.74. The summed E-state index contributed by atoms with van der Waals surface area (Å²) in [6, 6.07) is 1.33. The van der Waals surface area contributed by atoms with Gasteiger partial charge in [-0.25, -0.2) is 4.98 Å². The third-order valence-electron chi connectivity index (χ3n) is 5.40. The van der Waals surface area contributed by atoms with E-state index in [9.17, 15) is 22.7 Å². The van der Waals surface area contributed by atoms with Crippen LogP contribution in [-0.2, 0) is 12.0 Å². The minimum Gasteiger partial charge on any atom is -0.388 e. The first kappa shape index (κ1) is 20.7. The fourth-order valence-corrected chi connectivity index (χ4v) is 3.85. The van der Waals surface area contributed by atoms with Crippen LogP contribution in [-0.4, -0.2) is 10.1 Å². The molecule has 152 valence electrons. The van der Waals surface area contributed by atoms with Crippen molar-refractivity contribution in [2.75, 3.05) is 0 Å². The number of allylic oxidation sites excluding steroid dienone is 1. The van der Waals surface area contributed by atoms with Crippen LogP contribution in [0.5, 0.6) is 0 Å². The van der Waals surface area contributed by atoms with E-state index in [-0.39, 0.29) is 22.4 Å². The molecule has 0 amide bonds. The Morgan fingerprint density at radius 3 is 2.57 bits per heavy atom. The molecule has 2 atom stereocenters. The van der Waals surface area contributed by atoms with Crippen molar-refractivity contribution in [1.82, 2.24) is 4.98 Å². The highest BCUT2D eigenvalue weighted by Crippen LogP contribution is 2.41. The van der Waals surface area contributed by atoms with E-state index in [4.69, 9.17) is 5.73 Å². The third-order valence-corrected chi connectivity index (χ3v) is 5.40. The van der Waals surface area contributed by atoms with Gasteiger partial charge >= 0.3 is 6.05 Å². The van der Waals surface area contributed by atoms with Gasteiger partial charge in [-0.3, -0.25) is 5.73 Å². The maximum absolute atomic E-state index is 14.1. The Balaban J connectivity index is 2.26. The second-order valence-electron chi connectivity index (χ2n) is 7.59. The van der Waals surface area contributed by atoms with E-state index in [1.54, 1.807) is 0 Å². The van der Waals surface area contributed by atoms with E-state index in [1.165, 1.54) is 12.1 Å². The number of pyridine rings is 1. The summed E-state index contributed by atoms with van der Waals surface area (Å²) in [6.07, 6.45) is 4.40. The van der Waals surface area contributed by atoms with Gasteiger partial charge in [-0.1, -0.05) is 30.2 Å². The average Bonchev–Trinajstić information content (AvgIpc) is 2.82. The number of nitrogens with zero attached hydrogens (tertiary/aromatic N) is 1. The molecule has 3 rings (SSSR count). The second kappa shape index (κ2) is 7.44. The molecule has 1 aromatic heterocycles. The third kappa shape index (κ3) is 4.05. The van der Waals surface area contributed by atoms with Crippen LogP contribution in [0.15, 0.2) is 35.9 Å². The fraction of sp³-hybridized carbons (Fsp3) is 0.476. The predicted octanol–water partition coefficient (Wildman–Crippen LogP) is 5.52. The molecule has 1 aliphatic carbocycles. The van der Waals surface area contributed by atoms with Gasteiger partial charge in [0.05, 0.1) is 17.2 Å². The Hall–Kier alpha value is -1.99. The molecule has 1 heterocycles. The summed E-state index contributed by atoms with van der Waals surface area (Å²) < 4.78 is 55.9. The fourth-order valence-electron chi connectivity index (χ4n) is 3.85. The molecule has 0 unspecified atom stereocenters. The normalized spacial score (nSPS) is 20.0. The van der Waals surface area contributed by atoms with Crippen molar-refractivity contribution in [2.24, 2.45) is 11.7 Å². The van der Waals surface area contributed by atoms with Crippen molar-refractivity contribution in [2.45, 2.75) is 57.6 Å². The molecule has 0 bridgehead atoms. The Morgan fingerprint density at radius 2 is 1.93 bits per heavy atom. The first-order valence-electron chi connectivity index (χ1n) is 9.34. The van der Waals surface area contributed by atoms with Crippen LogP contribution in [0, 0.1) is 5.92 Å². The van der Waals surface area contributed by atoms with Crippen LogP contribution >= 0.6 is 0 Å². The predicted molar refractivity (Wildman–Crippen MR) is 100 cm³/mol. The van der Waals surface area contributed by atoms with Crippen molar-refractivity contribution in [3.05, 3.63) is 52.7 Å². The summed E-state index contributed by atoms with van der Waals surface area (Å²) in [5.41, 5.74) is 4.49. The number of fused-ring (bicyclic) bond motifs is 1. The lowest BCUT2D eigenvalue weighted by molar-refractivity contribution is 0.00330. The van der Waals surface area contributed by atoms with Gasteiger partial charge in [0.2, 0.25) is 0 Å². The number of aromatic nitrogens is 1. The SMILES string of the molecule is CC1=CCCCC[C@@H]1[C@@H](O)c1cc(C(C)(F)F)nc2c(C(N)(F)F)cccc12. The molecule has 1 aromatic carbocycles. The number of alkyl halides is 4. The van der Waals surface area contributed by atoms with E-state index in [2.05, 4.69) is 4.98 Å². The van der Waals surface area contributed by atoms with E-state index in [0.717, 1.165) is 37.0 Å². The summed E-state index contributed by atoms with van der Waals surface area (Å²) in [5.74, 6) is -3.62. The summed E-state index contributed by atoms with van der Waals surface area (Å²) >= 11 is 0. The van der Waals surface area contributed by atoms with Gasteiger partial charge in [0.25, 0.3) is 5.92 Å². The molecule has 0 saturated heterocycles. The van der Waals surface area contributed by atoms with Gasteiger partial charge < -0.3 is 5.11 Å². The zero-order valence-electron chi connectivity index (χ0n) is 15.9. The highest BCUT2D eigenvalue weighted by atomic mass is 19.3. The lowest BCUT2D eigenvalue weighted by Crippen LogP contribution is -2.26. The van der Waals surface area contributed by atoms with Gasteiger partial charge in [-0.2, -0.15) is 17.6 Å². The van der Waals surface area contributed by atoms with Crippen LogP contribution in [0.1, 0.15) is 62.5 Å². The molecule has 1 aliphatic rings. The van der Waals surface area contributed by atoms with Gasteiger partial charge in [0.1, 0.15) is 5.69 Å². The quantitative estimate of drug-likeness (QED) is 0.406. The largest absolute Gasteiger partial charge is 0.388 e. The maximum atomic E-state index is 14.1. The van der Waals surface area contributed by atoms with Crippen LogP contribution < -0.4 is 5.73 Å². The van der Waals surface area contributed by atoms with Crippen molar-refractivity contribution in [3.8, 4) is 0 Å². The number of nitrogens with two attached hydrogens (primary N) is 1. The Labute approximate surface area is 161 Å². The van der Waals surface area contributed by atoms with Gasteiger partial charge in [-0.15, -0.1) is 0 Å². The number of benzene rings is 1. The molecular formula is C21H24F4N2O. The summed E-state index contributed by atoms with van der Waals surface area (Å²) in [4.78, 5) is 3.80. The topological polar surface area (TPSA) is 59.1 Å². The Morgan fingerprint density at radius 1 is 1.21 bits per heavy atom. The summed E-state index contributed by atoms with van der Waals surface area (Å²) in [7, 11) is 0. The molecule has 2 aromatic rings. The Kier molecular flexibility index (Phi) is 5.51. The average molecular weight is 396 g/mol. The zero-order chi connectivity index (χ0) is 20.7. The number of para-hydroxylation sites is 1. The minimum absolute atomic E-state index is 0.173. The monoisotopic (exact) mass is 396 g/mol. The number of hydrogen-bond acceptors (Lipinski definition) is 3. The highest BCUT2D eigenvalue weighted by Gasteiger charge is 2.34. The van der Waals surface area contributed by atoms with E-state index in [0.29, 0.717) is 13.3 Å².